The van der Waals surface area contributed by atoms with Crippen LogP contribution < -0.4 is 5.32 Å². The first-order valence-electron chi connectivity index (χ1n) is 6.99. The number of hydrogen-bond donors (Lipinski definition) is 2. The van der Waals surface area contributed by atoms with Crippen molar-refractivity contribution in [2.45, 2.75) is 44.6 Å². The molecular formula is C14H21NO3. The Hall–Kier alpha value is -1.06. The molecule has 4 nitrogen and oxygen atoms in total. The van der Waals surface area contributed by atoms with Gasteiger partial charge in [0, 0.05) is 0 Å². The lowest BCUT2D eigenvalue weighted by molar-refractivity contribution is -0.157. The van der Waals surface area contributed by atoms with Crippen LogP contribution in [0.4, 0.5) is 0 Å². The van der Waals surface area contributed by atoms with Crippen LogP contribution in [0.5, 0.6) is 0 Å². The predicted octanol–water partition coefficient (Wildman–Crippen LogP) is 1.65. The number of carboxylic acids is 1. The van der Waals surface area contributed by atoms with Crippen LogP contribution in [0, 0.1) is 29.6 Å². The Morgan fingerprint density at radius 1 is 1.17 bits per heavy atom. The SMILES string of the molecule is CC(NC=O)(C(=O)O)C1C2CC3CC(C2)CC1C3. The molecule has 100 valence electrons. The van der Waals surface area contributed by atoms with E-state index in [4.69, 9.17) is 0 Å². The van der Waals surface area contributed by atoms with Gasteiger partial charge in [0.15, 0.2) is 0 Å². The number of hydrogen-bond acceptors (Lipinski definition) is 2. The van der Waals surface area contributed by atoms with Gasteiger partial charge in [-0.25, -0.2) is 4.79 Å². The summed E-state index contributed by atoms with van der Waals surface area (Å²) >= 11 is 0. The molecule has 4 saturated carbocycles. The van der Waals surface area contributed by atoms with Crippen LogP contribution >= 0.6 is 0 Å². The molecule has 1 atom stereocenters. The summed E-state index contributed by atoms with van der Waals surface area (Å²) < 4.78 is 0. The molecule has 4 rings (SSSR count). The van der Waals surface area contributed by atoms with Crippen molar-refractivity contribution in [2.24, 2.45) is 29.6 Å². The van der Waals surface area contributed by atoms with E-state index in [2.05, 4.69) is 5.32 Å². The number of carboxylic acid groups (broad SMARTS) is 1. The van der Waals surface area contributed by atoms with E-state index in [1.54, 1.807) is 6.92 Å². The first kappa shape index (κ1) is 12.0. The van der Waals surface area contributed by atoms with Crippen molar-refractivity contribution in [3.8, 4) is 0 Å². The zero-order valence-electron chi connectivity index (χ0n) is 10.8. The van der Waals surface area contributed by atoms with E-state index in [0.29, 0.717) is 18.2 Å². The Bertz CT molecular complexity index is 353. The summed E-state index contributed by atoms with van der Waals surface area (Å²) in [6.07, 6.45) is 6.58. The molecule has 0 aromatic heterocycles. The molecule has 2 N–H and O–H groups in total. The maximum atomic E-state index is 11.6. The van der Waals surface area contributed by atoms with Crippen LogP contribution in [0.2, 0.25) is 0 Å². The molecule has 0 aromatic carbocycles. The average molecular weight is 251 g/mol. The fraction of sp³-hybridized carbons (Fsp3) is 0.857. The van der Waals surface area contributed by atoms with E-state index in [9.17, 15) is 14.7 Å². The highest BCUT2D eigenvalue weighted by Gasteiger charge is 2.56. The topological polar surface area (TPSA) is 66.4 Å². The quantitative estimate of drug-likeness (QED) is 0.747. The first-order valence-corrected chi connectivity index (χ1v) is 6.99. The number of carbonyl (C=O) groups excluding carboxylic acids is 1. The molecule has 18 heavy (non-hydrogen) atoms. The Morgan fingerprint density at radius 3 is 2.06 bits per heavy atom. The zero-order valence-corrected chi connectivity index (χ0v) is 10.8. The van der Waals surface area contributed by atoms with Crippen LogP contribution in [-0.2, 0) is 9.59 Å². The summed E-state index contributed by atoms with van der Waals surface area (Å²) in [5.74, 6) is 1.86. The zero-order chi connectivity index (χ0) is 12.9. The highest BCUT2D eigenvalue weighted by Crippen LogP contribution is 2.59. The van der Waals surface area contributed by atoms with E-state index in [1.807, 2.05) is 0 Å². The Morgan fingerprint density at radius 2 is 1.67 bits per heavy atom. The second-order valence-corrected chi connectivity index (χ2v) is 6.73. The second kappa shape index (κ2) is 3.97. The third-order valence-electron chi connectivity index (χ3n) is 5.70. The standard InChI is InChI=1S/C14H21NO3/c1-14(13(17)18,15-7-16)12-10-3-8-2-9(5-10)6-11(12)4-8/h7-12H,2-6H2,1H3,(H,15,16)(H,17,18). The minimum atomic E-state index is -1.08. The molecule has 1 unspecified atom stereocenters. The molecule has 0 saturated heterocycles. The van der Waals surface area contributed by atoms with E-state index in [-0.39, 0.29) is 5.92 Å². The minimum absolute atomic E-state index is 0.119. The number of nitrogens with one attached hydrogen (secondary N) is 1. The van der Waals surface area contributed by atoms with Crippen molar-refractivity contribution in [3.05, 3.63) is 0 Å². The van der Waals surface area contributed by atoms with Crippen LogP contribution in [-0.4, -0.2) is 23.0 Å². The molecule has 0 spiro atoms. The minimum Gasteiger partial charge on any atom is -0.480 e. The normalized spacial score (nSPS) is 44.4. The van der Waals surface area contributed by atoms with Gasteiger partial charge in [-0.2, -0.15) is 0 Å². The third kappa shape index (κ3) is 1.57. The van der Waals surface area contributed by atoms with Gasteiger partial charge in [-0.15, -0.1) is 0 Å². The molecule has 0 aliphatic heterocycles. The van der Waals surface area contributed by atoms with Crippen molar-refractivity contribution in [1.29, 1.82) is 0 Å². The number of aliphatic carboxylic acids is 1. The average Bonchev–Trinajstić information content (AvgIpc) is 2.27. The van der Waals surface area contributed by atoms with Crippen molar-refractivity contribution >= 4 is 12.4 Å². The van der Waals surface area contributed by atoms with E-state index in [0.717, 1.165) is 11.8 Å². The molecule has 4 aliphatic carbocycles. The molecular weight excluding hydrogens is 230 g/mol. The van der Waals surface area contributed by atoms with Gasteiger partial charge >= 0.3 is 5.97 Å². The van der Waals surface area contributed by atoms with Gasteiger partial charge in [-0.05, 0) is 68.6 Å². The van der Waals surface area contributed by atoms with Crippen LogP contribution in [0.1, 0.15) is 39.0 Å². The first-order chi connectivity index (χ1) is 8.54. The largest absolute Gasteiger partial charge is 0.480 e. The molecule has 4 fully saturated rings. The summed E-state index contributed by atoms with van der Waals surface area (Å²) in [5, 5.41) is 12.1. The van der Waals surface area contributed by atoms with Gasteiger partial charge in [0.2, 0.25) is 6.41 Å². The number of rotatable bonds is 4. The lowest BCUT2D eigenvalue weighted by Gasteiger charge is -2.58. The highest BCUT2D eigenvalue weighted by molar-refractivity contribution is 5.81. The maximum Gasteiger partial charge on any atom is 0.329 e. The van der Waals surface area contributed by atoms with Crippen molar-refractivity contribution < 1.29 is 14.7 Å². The van der Waals surface area contributed by atoms with Crippen LogP contribution in [0.25, 0.3) is 0 Å². The number of carbonyl (C=O) groups is 2. The highest BCUT2D eigenvalue weighted by atomic mass is 16.4. The van der Waals surface area contributed by atoms with E-state index >= 15 is 0 Å². The van der Waals surface area contributed by atoms with Crippen molar-refractivity contribution in [2.75, 3.05) is 0 Å². The molecule has 0 radical (unpaired) electrons. The van der Waals surface area contributed by atoms with Gasteiger partial charge in [0.1, 0.15) is 5.54 Å². The van der Waals surface area contributed by atoms with E-state index in [1.165, 1.54) is 32.1 Å². The molecule has 4 bridgehead atoms. The monoisotopic (exact) mass is 251 g/mol. The summed E-state index contributed by atoms with van der Waals surface area (Å²) in [6, 6.07) is 0. The van der Waals surface area contributed by atoms with Gasteiger partial charge < -0.3 is 10.4 Å². The van der Waals surface area contributed by atoms with Crippen LogP contribution in [0.15, 0.2) is 0 Å². The summed E-state index contributed by atoms with van der Waals surface area (Å²) in [4.78, 5) is 22.4. The van der Waals surface area contributed by atoms with Gasteiger partial charge in [-0.3, -0.25) is 4.79 Å². The second-order valence-electron chi connectivity index (χ2n) is 6.73. The molecule has 0 heterocycles. The van der Waals surface area contributed by atoms with Crippen molar-refractivity contribution in [1.82, 2.24) is 5.32 Å². The lowest BCUT2D eigenvalue weighted by atomic mass is 9.48. The van der Waals surface area contributed by atoms with E-state index < -0.39 is 11.5 Å². The smallest absolute Gasteiger partial charge is 0.329 e. The fourth-order valence-electron chi connectivity index (χ4n) is 5.29. The van der Waals surface area contributed by atoms with Gasteiger partial charge in [0.25, 0.3) is 0 Å². The Kier molecular flexibility index (Phi) is 2.65. The van der Waals surface area contributed by atoms with Gasteiger partial charge in [-0.1, -0.05) is 0 Å². The Labute approximate surface area is 107 Å². The fourth-order valence-corrected chi connectivity index (χ4v) is 5.29. The van der Waals surface area contributed by atoms with Gasteiger partial charge in [0.05, 0.1) is 0 Å². The third-order valence-corrected chi connectivity index (χ3v) is 5.70. The van der Waals surface area contributed by atoms with Crippen LogP contribution in [0.3, 0.4) is 0 Å². The predicted molar refractivity (Wildman–Crippen MR) is 65.8 cm³/mol. The molecule has 4 heteroatoms. The summed E-state index contributed by atoms with van der Waals surface area (Å²) in [5.41, 5.74) is -1.08. The summed E-state index contributed by atoms with van der Waals surface area (Å²) in [6.45, 7) is 1.69. The van der Waals surface area contributed by atoms with Crippen molar-refractivity contribution in [3.63, 3.8) is 0 Å². The maximum absolute atomic E-state index is 11.6. The molecule has 4 aliphatic rings. The number of amides is 1. The molecule has 1 amide bonds. The molecule has 0 aromatic rings. The summed E-state index contributed by atoms with van der Waals surface area (Å²) in [7, 11) is 0. The lowest BCUT2D eigenvalue weighted by Crippen LogP contribution is -2.63. The Balaban J connectivity index is 1.91.